The molecule has 1 heterocycles. The minimum atomic E-state index is -3.61. The van der Waals surface area contributed by atoms with Crippen LogP contribution in [0.3, 0.4) is 0 Å². The number of sulfonamides is 1. The van der Waals surface area contributed by atoms with E-state index in [-0.39, 0.29) is 23.2 Å². The van der Waals surface area contributed by atoms with Gasteiger partial charge in [-0.2, -0.15) is 0 Å². The molecule has 1 aromatic rings. The number of hydrogen-bond donors (Lipinski definition) is 2. The Labute approximate surface area is 125 Å². The van der Waals surface area contributed by atoms with Crippen LogP contribution in [0.15, 0.2) is 23.1 Å². The standard InChI is InChI=1S/C13H21N3O4S/c1-15(2)21(18,19)12-5-3-4-11(13(12)14)16-6-7-20-9-10(16)8-17/h3-5,10,17H,6-9,14H2,1-2H3. The van der Waals surface area contributed by atoms with Gasteiger partial charge in [-0.25, -0.2) is 12.7 Å². The molecule has 0 aromatic heterocycles. The maximum Gasteiger partial charge on any atom is 0.244 e. The summed E-state index contributed by atoms with van der Waals surface area (Å²) in [5, 5.41) is 9.44. The summed E-state index contributed by atoms with van der Waals surface area (Å²) < 4.78 is 31.0. The van der Waals surface area contributed by atoms with Crippen LogP contribution in [0.4, 0.5) is 11.4 Å². The molecular formula is C13H21N3O4S. The zero-order valence-corrected chi connectivity index (χ0v) is 13.0. The molecule has 1 atom stereocenters. The first-order valence-corrected chi connectivity index (χ1v) is 8.10. The lowest BCUT2D eigenvalue weighted by atomic mass is 10.1. The molecule has 0 bridgehead atoms. The molecule has 1 aliphatic heterocycles. The Morgan fingerprint density at radius 1 is 1.48 bits per heavy atom. The van der Waals surface area contributed by atoms with E-state index in [1.165, 1.54) is 20.2 Å². The fourth-order valence-corrected chi connectivity index (χ4v) is 3.35. The molecule has 0 radical (unpaired) electrons. The minimum absolute atomic E-state index is 0.0770. The van der Waals surface area contributed by atoms with Crippen LogP contribution in [0.5, 0.6) is 0 Å². The van der Waals surface area contributed by atoms with E-state index in [1.54, 1.807) is 12.1 Å². The molecule has 1 saturated heterocycles. The summed E-state index contributed by atoms with van der Waals surface area (Å²) in [6.45, 7) is 1.38. The number of aliphatic hydroxyl groups excluding tert-OH is 1. The third-order valence-electron chi connectivity index (χ3n) is 3.55. The number of nitrogen functional groups attached to an aromatic ring is 1. The maximum absolute atomic E-state index is 12.3. The highest BCUT2D eigenvalue weighted by Gasteiger charge is 2.28. The van der Waals surface area contributed by atoms with Crippen LogP contribution in [0.2, 0.25) is 0 Å². The molecule has 0 aliphatic carbocycles. The van der Waals surface area contributed by atoms with E-state index < -0.39 is 10.0 Å². The number of anilines is 2. The number of ether oxygens (including phenoxy) is 1. The van der Waals surface area contributed by atoms with Crippen LogP contribution in [0, 0.1) is 0 Å². The van der Waals surface area contributed by atoms with Crippen LogP contribution in [-0.2, 0) is 14.8 Å². The van der Waals surface area contributed by atoms with Gasteiger partial charge >= 0.3 is 0 Å². The van der Waals surface area contributed by atoms with Gasteiger partial charge < -0.3 is 20.5 Å². The maximum atomic E-state index is 12.3. The van der Waals surface area contributed by atoms with Crippen LogP contribution < -0.4 is 10.6 Å². The highest BCUT2D eigenvalue weighted by Crippen LogP contribution is 2.32. The lowest BCUT2D eigenvalue weighted by Gasteiger charge is -2.37. The van der Waals surface area contributed by atoms with Gasteiger partial charge in [0.1, 0.15) is 4.90 Å². The molecule has 0 amide bonds. The van der Waals surface area contributed by atoms with Gasteiger partial charge in [0.05, 0.1) is 37.2 Å². The third kappa shape index (κ3) is 2.98. The molecule has 1 unspecified atom stereocenters. The molecule has 2 rings (SSSR count). The van der Waals surface area contributed by atoms with Crippen molar-refractivity contribution in [2.75, 3.05) is 51.1 Å². The molecule has 21 heavy (non-hydrogen) atoms. The Hall–Kier alpha value is -1.35. The van der Waals surface area contributed by atoms with Crippen molar-refractivity contribution in [2.45, 2.75) is 10.9 Å². The minimum Gasteiger partial charge on any atom is -0.396 e. The summed E-state index contributed by atoms with van der Waals surface area (Å²) in [7, 11) is -0.675. The summed E-state index contributed by atoms with van der Waals surface area (Å²) in [4.78, 5) is 1.97. The van der Waals surface area contributed by atoms with E-state index in [0.29, 0.717) is 25.4 Å². The van der Waals surface area contributed by atoms with E-state index in [1.807, 2.05) is 4.90 Å². The smallest absolute Gasteiger partial charge is 0.244 e. The van der Waals surface area contributed by atoms with Crippen LogP contribution >= 0.6 is 0 Å². The molecular weight excluding hydrogens is 294 g/mol. The fourth-order valence-electron chi connectivity index (χ4n) is 2.33. The van der Waals surface area contributed by atoms with Gasteiger partial charge in [-0.15, -0.1) is 0 Å². The third-order valence-corrected chi connectivity index (χ3v) is 5.42. The molecule has 7 nitrogen and oxygen atoms in total. The number of benzene rings is 1. The van der Waals surface area contributed by atoms with Crippen molar-refractivity contribution >= 4 is 21.4 Å². The quantitative estimate of drug-likeness (QED) is 0.742. The second-order valence-electron chi connectivity index (χ2n) is 5.08. The average Bonchev–Trinajstić information content (AvgIpc) is 2.47. The van der Waals surface area contributed by atoms with E-state index in [4.69, 9.17) is 10.5 Å². The van der Waals surface area contributed by atoms with Gasteiger partial charge in [-0.05, 0) is 12.1 Å². The monoisotopic (exact) mass is 315 g/mol. The molecule has 1 fully saturated rings. The van der Waals surface area contributed by atoms with Gasteiger partial charge in [0, 0.05) is 20.6 Å². The number of hydrogen-bond acceptors (Lipinski definition) is 6. The van der Waals surface area contributed by atoms with Crippen molar-refractivity contribution in [1.29, 1.82) is 0 Å². The molecule has 1 aromatic carbocycles. The molecule has 0 saturated carbocycles. The number of para-hydroxylation sites is 1. The summed E-state index contributed by atoms with van der Waals surface area (Å²) in [5.41, 5.74) is 6.90. The first-order valence-electron chi connectivity index (χ1n) is 6.66. The van der Waals surface area contributed by atoms with Gasteiger partial charge in [0.25, 0.3) is 0 Å². The predicted molar refractivity (Wildman–Crippen MR) is 80.8 cm³/mol. The van der Waals surface area contributed by atoms with Gasteiger partial charge in [-0.1, -0.05) is 6.07 Å². The van der Waals surface area contributed by atoms with E-state index >= 15 is 0 Å². The van der Waals surface area contributed by atoms with Crippen molar-refractivity contribution in [3.05, 3.63) is 18.2 Å². The lowest BCUT2D eigenvalue weighted by Crippen LogP contribution is -2.48. The Balaban J connectivity index is 2.47. The fraction of sp³-hybridized carbons (Fsp3) is 0.538. The molecule has 1 aliphatic rings. The van der Waals surface area contributed by atoms with Crippen molar-refractivity contribution in [2.24, 2.45) is 0 Å². The number of nitrogens with zero attached hydrogens (tertiary/aromatic N) is 2. The number of morpholine rings is 1. The van der Waals surface area contributed by atoms with E-state index in [9.17, 15) is 13.5 Å². The van der Waals surface area contributed by atoms with Crippen molar-refractivity contribution in [3.8, 4) is 0 Å². The van der Waals surface area contributed by atoms with Crippen molar-refractivity contribution in [3.63, 3.8) is 0 Å². The number of nitrogens with two attached hydrogens (primary N) is 1. The first-order chi connectivity index (χ1) is 9.89. The summed E-state index contributed by atoms with van der Waals surface area (Å²) in [5.74, 6) is 0. The zero-order valence-electron chi connectivity index (χ0n) is 12.2. The van der Waals surface area contributed by atoms with E-state index in [0.717, 1.165) is 4.31 Å². The SMILES string of the molecule is CN(C)S(=O)(=O)c1cccc(N2CCOCC2CO)c1N. The summed E-state index contributed by atoms with van der Waals surface area (Å²) >= 11 is 0. The Morgan fingerprint density at radius 3 is 2.81 bits per heavy atom. The van der Waals surface area contributed by atoms with Crippen molar-refractivity contribution < 1.29 is 18.3 Å². The van der Waals surface area contributed by atoms with Crippen molar-refractivity contribution in [1.82, 2.24) is 4.31 Å². The molecule has 0 spiro atoms. The topological polar surface area (TPSA) is 96.1 Å². The van der Waals surface area contributed by atoms with Gasteiger partial charge in [0.2, 0.25) is 10.0 Å². The molecule has 8 heteroatoms. The molecule has 118 valence electrons. The average molecular weight is 315 g/mol. The predicted octanol–water partition coefficient (Wildman–Crippen LogP) is -0.283. The van der Waals surface area contributed by atoms with Crippen LogP contribution in [0.25, 0.3) is 0 Å². The highest BCUT2D eigenvalue weighted by atomic mass is 32.2. The normalized spacial score (nSPS) is 20.0. The van der Waals surface area contributed by atoms with Crippen LogP contribution in [-0.4, -0.2) is 64.3 Å². The van der Waals surface area contributed by atoms with Gasteiger partial charge in [0.15, 0.2) is 0 Å². The lowest BCUT2D eigenvalue weighted by molar-refractivity contribution is 0.0728. The first kappa shape index (κ1) is 16.0. The number of aliphatic hydroxyl groups is 1. The number of rotatable bonds is 4. The molecule has 3 N–H and O–H groups in total. The van der Waals surface area contributed by atoms with E-state index in [2.05, 4.69) is 0 Å². The second-order valence-corrected chi connectivity index (χ2v) is 7.20. The summed E-state index contributed by atoms with van der Waals surface area (Å²) in [6.07, 6.45) is 0. The zero-order chi connectivity index (χ0) is 15.6. The highest BCUT2D eigenvalue weighted by molar-refractivity contribution is 7.89. The Kier molecular flexibility index (Phi) is 4.72. The van der Waals surface area contributed by atoms with Gasteiger partial charge in [-0.3, -0.25) is 0 Å². The van der Waals surface area contributed by atoms with Crippen LogP contribution in [0.1, 0.15) is 0 Å². The summed E-state index contributed by atoms with van der Waals surface area (Å²) in [6, 6.07) is 4.69. The second kappa shape index (κ2) is 6.18. The largest absolute Gasteiger partial charge is 0.396 e. The Morgan fingerprint density at radius 2 is 2.19 bits per heavy atom. The Bertz CT molecular complexity index is 603.